The number of tetrazole rings is 1. The third-order valence-electron chi connectivity index (χ3n) is 4.91. The number of hydrogen-bond acceptors (Lipinski definition) is 5. The van der Waals surface area contributed by atoms with Crippen LogP contribution in [0, 0.1) is 0 Å². The lowest BCUT2D eigenvalue weighted by molar-refractivity contribution is -0.133. The molecule has 1 fully saturated rings. The second-order valence-electron chi connectivity index (χ2n) is 6.76. The maximum Gasteiger partial charge on any atom is 0.246 e. The van der Waals surface area contributed by atoms with Crippen LogP contribution in [0.1, 0.15) is 31.4 Å². The molecule has 1 atom stereocenters. The predicted octanol–water partition coefficient (Wildman–Crippen LogP) is 3.10. The topological polar surface area (TPSA) is 73.1 Å². The lowest BCUT2D eigenvalue weighted by Gasteiger charge is -2.25. The Kier molecular flexibility index (Phi) is 5.32. The van der Waals surface area contributed by atoms with Crippen LogP contribution in [0.2, 0.25) is 0 Å². The second-order valence-corrected chi connectivity index (χ2v) is 6.76. The minimum atomic E-state index is 0.00777. The number of carbonyl (C=O) groups is 1. The molecule has 0 aliphatic carbocycles. The quantitative estimate of drug-likeness (QED) is 0.660. The van der Waals surface area contributed by atoms with Gasteiger partial charge in [0.1, 0.15) is 12.3 Å². The highest BCUT2D eigenvalue weighted by Gasteiger charge is 2.30. The minimum absolute atomic E-state index is 0.00777. The summed E-state index contributed by atoms with van der Waals surface area (Å²) in [5.74, 6) is 1.38. The molecule has 7 heteroatoms. The first-order valence-corrected chi connectivity index (χ1v) is 9.60. The number of hydrogen-bond donors (Lipinski definition) is 0. The van der Waals surface area contributed by atoms with Crippen LogP contribution in [-0.4, -0.2) is 44.2 Å². The van der Waals surface area contributed by atoms with E-state index in [1.54, 1.807) is 0 Å². The Balaban J connectivity index is 1.44. The van der Waals surface area contributed by atoms with Crippen molar-refractivity contribution in [3.8, 4) is 17.1 Å². The first-order chi connectivity index (χ1) is 13.7. The predicted molar refractivity (Wildman–Crippen MR) is 105 cm³/mol. The van der Waals surface area contributed by atoms with Gasteiger partial charge in [-0.2, -0.15) is 4.80 Å². The van der Waals surface area contributed by atoms with Gasteiger partial charge in [0.15, 0.2) is 0 Å². The van der Waals surface area contributed by atoms with Crippen LogP contribution in [0.4, 0.5) is 0 Å². The Morgan fingerprint density at radius 2 is 1.93 bits per heavy atom. The molecule has 1 unspecified atom stereocenters. The summed E-state index contributed by atoms with van der Waals surface area (Å²) in [6.07, 6.45) is 1.95. The van der Waals surface area contributed by atoms with E-state index in [1.807, 2.05) is 66.4 Å². The van der Waals surface area contributed by atoms with Crippen molar-refractivity contribution in [2.24, 2.45) is 0 Å². The van der Waals surface area contributed by atoms with E-state index < -0.39 is 0 Å². The summed E-state index contributed by atoms with van der Waals surface area (Å²) in [6, 6.07) is 17.7. The molecule has 144 valence electrons. The molecule has 2 heterocycles. The monoisotopic (exact) mass is 377 g/mol. The van der Waals surface area contributed by atoms with E-state index in [4.69, 9.17) is 4.74 Å². The van der Waals surface area contributed by atoms with Gasteiger partial charge in [0, 0.05) is 12.1 Å². The van der Waals surface area contributed by atoms with Gasteiger partial charge in [0.05, 0.1) is 12.6 Å². The average molecular weight is 377 g/mol. The summed E-state index contributed by atoms with van der Waals surface area (Å²) in [7, 11) is 0. The van der Waals surface area contributed by atoms with E-state index >= 15 is 0 Å². The number of aromatic nitrogens is 4. The molecule has 4 rings (SSSR count). The van der Waals surface area contributed by atoms with E-state index in [2.05, 4.69) is 15.4 Å². The maximum absolute atomic E-state index is 12.9. The van der Waals surface area contributed by atoms with Crippen LogP contribution < -0.4 is 4.74 Å². The van der Waals surface area contributed by atoms with Crippen LogP contribution in [0.15, 0.2) is 54.6 Å². The Morgan fingerprint density at radius 1 is 1.14 bits per heavy atom. The molecule has 0 spiro atoms. The number of nitrogens with zero attached hydrogens (tertiary/aromatic N) is 5. The van der Waals surface area contributed by atoms with Crippen LogP contribution in [0.25, 0.3) is 11.4 Å². The maximum atomic E-state index is 12.9. The smallest absolute Gasteiger partial charge is 0.246 e. The first kappa shape index (κ1) is 18.2. The van der Waals surface area contributed by atoms with Gasteiger partial charge < -0.3 is 9.64 Å². The van der Waals surface area contributed by atoms with Gasteiger partial charge in [-0.25, -0.2) is 0 Å². The third-order valence-corrected chi connectivity index (χ3v) is 4.91. The van der Waals surface area contributed by atoms with Gasteiger partial charge in [-0.05, 0) is 42.7 Å². The lowest BCUT2D eigenvalue weighted by atomic mass is 10.0. The van der Waals surface area contributed by atoms with Crippen molar-refractivity contribution in [2.75, 3.05) is 13.2 Å². The molecule has 7 nitrogen and oxygen atoms in total. The fraction of sp³-hybridized carbons (Fsp3) is 0.333. The minimum Gasteiger partial charge on any atom is -0.494 e. The second kappa shape index (κ2) is 8.21. The van der Waals surface area contributed by atoms with E-state index in [1.165, 1.54) is 4.80 Å². The zero-order valence-electron chi connectivity index (χ0n) is 15.9. The zero-order chi connectivity index (χ0) is 19.3. The molecule has 2 aromatic carbocycles. The Hall–Kier alpha value is -3.22. The van der Waals surface area contributed by atoms with Crippen molar-refractivity contribution in [1.29, 1.82) is 0 Å². The van der Waals surface area contributed by atoms with Crippen molar-refractivity contribution < 1.29 is 9.53 Å². The van der Waals surface area contributed by atoms with Crippen molar-refractivity contribution in [1.82, 2.24) is 25.1 Å². The number of rotatable bonds is 6. The summed E-state index contributed by atoms with van der Waals surface area (Å²) in [5.41, 5.74) is 2.01. The largest absolute Gasteiger partial charge is 0.494 e. The summed E-state index contributed by atoms with van der Waals surface area (Å²) < 4.78 is 5.51. The number of likely N-dealkylation sites (tertiary alicyclic amines) is 1. The van der Waals surface area contributed by atoms with Gasteiger partial charge in [-0.1, -0.05) is 42.5 Å². The standard InChI is InChI=1S/C21H23N5O2/c1-2-28-18-12-10-16(11-13-18)19-9-6-14-25(19)20(27)15-26-23-21(22-24-26)17-7-4-3-5-8-17/h3-5,7-8,10-13,19H,2,6,9,14-15H2,1H3. The van der Waals surface area contributed by atoms with Crippen LogP contribution in [-0.2, 0) is 11.3 Å². The summed E-state index contributed by atoms with van der Waals surface area (Å²) >= 11 is 0. The molecule has 1 aliphatic heterocycles. The molecular weight excluding hydrogens is 354 g/mol. The molecule has 1 amide bonds. The van der Waals surface area contributed by atoms with Crippen molar-refractivity contribution in [3.63, 3.8) is 0 Å². The van der Waals surface area contributed by atoms with Gasteiger partial charge in [0.2, 0.25) is 11.7 Å². The van der Waals surface area contributed by atoms with Crippen molar-refractivity contribution in [3.05, 3.63) is 60.2 Å². The Bertz CT molecular complexity index is 923. The van der Waals surface area contributed by atoms with E-state index in [0.29, 0.717) is 12.4 Å². The van der Waals surface area contributed by atoms with Crippen molar-refractivity contribution >= 4 is 5.91 Å². The fourth-order valence-electron chi connectivity index (χ4n) is 3.59. The molecule has 1 aliphatic rings. The number of amides is 1. The van der Waals surface area contributed by atoms with Gasteiger partial charge in [-0.3, -0.25) is 4.79 Å². The van der Waals surface area contributed by atoms with Gasteiger partial charge in [0.25, 0.3) is 0 Å². The van der Waals surface area contributed by atoms with E-state index in [0.717, 1.165) is 36.3 Å². The molecule has 1 saturated heterocycles. The molecular formula is C21H23N5O2. The summed E-state index contributed by atoms with van der Waals surface area (Å²) in [6.45, 7) is 3.44. The highest BCUT2D eigenvalue weighted by Crippen LogP contribution is 2.33. The van der Waals surface area contributed by atoms with Crippen LogP contribution in [0.5, 0.6) is 5.75 Å². The van der Waals surface area contributed by atoms with Crippen LogP contribution in [0.3, 0.4) is 0 Å². The Morgan fingerprint density at radius 3 is 2.68 bits per heavy atom. The average Bonchev–Trinajstić information content (AvgIpc) is 3.39. The zero-order valence-corrected chi connectivity index (χ0v) is 15.9. The molecule has 1 aromatic heterocycles. The molecule has 0 radical (unpaired) electrons. The van der Waals surface area contributed by atoms with E-state index in [9.17, 15) is 4.79 Å². The number of ether oxygens (including phenoxy) is 1. The Labute approximate surface area is 163 Å². The van der Waals surface area contributed by atoms with Crippen LogP contribution >= 0.6 is 0 Å². The van der Waals surface area contributed by atoms with Gasteiger partial charge in [-0.15, -0.1) is 10.2 Å². The molecule has 28 heavy (non-hydrogen) atoms. The van der Waals surface area contributed by atoms with Crippen molar-refractivity contribution in [2.45, 2.75) is 32.4 Å². The normalized spacial score (nSPS) is 16.3. The number of benzene rings is 2. The molecule has 0 N–H and O–H groups in total. The highest BCUT2D eigenvalue weighted by atomic mass is 16.5. The summed E-state index contributed by atoms with van der Waals surface area (Å²) in [4.78, 5) is 16.2. The summed E-state index contributed by atoms with van der Waals surface area (Å²) in [5, 5.41) is 12.5. The lowest BCUT2D eigenvalue weighted by Crippen LogP contribution is -2.34. The number of carbonyl (C=O) groups excluding carboxylic acids is 1. The fourth-order valence-corrected chi connectivity index (χ4v) is 3.59. The molecule has 3 aromatic rings. The first-order valence-electron chi connectivity index (χ1n) is 9.60. The van der Waals surface area contributed by atoms with Gasteiger partial charge >= 0.3 is 0 Å². The SMILES string of the molecule is CCOc1ccc(C2CCCN2C(=O)Cn2nnc(-c3ccccc3)n2)cc1. The molecule has 0 bridgehead atoms. The highest BCUT2D eigenvalue weighted by molar-refractivity contribution is 5.76. The third kappa shape index (κ3) is 3.88. The molecule has 0 saturated carbocycles. The van der Waals surface area contributed by atoms with E-state index in [-0.39, 0.29) is 18.5 Å².